The number of rotatable bonds is 13. The first-order chi connectivity index (χ1) is 19.0. The molecule has 0 aliphatic heterocycles. The van der Waals surface area contributed by atoms with Crippen LogP contribution in [0.2, 0.25) is 0 Å². The van der Waals surface area contributed by atoms with Crippen LogP contribution in [0.3, 0.4) is 0 Å². The number of carbonyl (C=O) groups is 2. The van der Waals surface area contributed by atoms with Crippen molar-refractivity contribution in [3.8, 4) is 0 Å². The second-order valence-corrected chi connectivity index (χ2v) is 11.8. The van der Waals surface area contributed by atoms with E-state index in [4.69, 9.17) is 0 Å². The van der Waals surface area contributed by atoms with Crippen LogP contribution < -0.4 is 9.62 Å². The number of halogens is 1. The van der Waals surface area contributed by atoms with Gasteiger partial charge in [0, 0.05) is 33.6 Å². The third-order valence-corrected chi connectivity index (χ3v) is 8.25. The van der Waals surface area contributed by atoms with Gasteiger partial charge in [-0.15, -0.1) is 0 Å². The lowest BCUT2D eigenvalue weighted by Crippen LogP contribution is -2.54. The zero-order chi connectivity index (χ0) is 29.3. The summed E-state index contributed by atoms with van der Waals surface area (Å²) in [6.45, 7) is 3.84. The van der Waals surface area contributed by atoms with Crippen molar-refractivity contribution < 1.29 is 22.4 Å². The van der Waals surface area contributed by atoms with Gasteiger partial charge in [-0.1, -0.05) is 67.1 Å². The Kier molecular flexibility index (Phi) is 10.8. The highest BCUT2D eigenvalue weighted by Gasteiger charge is 2.34. The summed E-state index contributed by atoms with van der Waals surface area (Å²) in [5.74, 6) is -1.42. The molecule has 3 aromatic carbocycles. The van der Waals surface area contributed by atoms with Gasteiger partial charge < -0.3 is 10.2 Å². The summed E-state index contributed by atoms with van der Waals surface area (Å²) in [5.41, 5.74) is 2.83. The molecular formula is C30H37FN4O4S. The number of hydrogen-bond acceptors (Lipinski definition) is 4. The minimum atomic E-state index is -4.13. The van der Waals surface area contributed by atoms with Gasteiger partial charge >= 0.3 is 10.2 Å². The summed E-state index contributed by atoms with van der Waals surface area (Å²) in [4.78, 5) is 29.0. The van der Waals surface area contributed by atoms with Gasteiger partial charge in [-0.25, -0.2) is 8.70 Å². The molecule has 10 heteroatoms. The molecule has 0 unspecified atom stereocenters. The lowest BCUT2D eigenvalue weighted by Gasteiger charge is -2.34. The van der Waals surface area contributed by atoms with E-state index in [2.05, 4.69) is 5.32 Å². The van der Waals surface area contributed by atoms with Crippen molar-refractivity contribution in [1.82, 2.24) is 14.5 Å². The van der Waals surface area contributed by atoms with Crippen molar-refractivity contribution in [2.75, 3.05) is 31.5 Å². The molecule has 0 aromatic heterocycles. The van der Waals surface area contributed by atoms with Gasteiger partial charge in [-0.05, 0) is 48.7 Å². The molecule has 0 heterocycles. The number of amides is 2. The van der Waals surface area contributed by atoms with Crippen LogP contribution in [0.4, 0.5) is 10.1 Å². The topological polar surface area (TPSA) is 90.0 Å². The average molecular weight is 569 g/mol. The SMILES string of the molecule is CCCNC(=O)[C@H](Cc1ccccc1)N(Cc1ccc(C)cc1)C(=O)CN(c1ccc(F)cc1)S(=O)(=O)N(C)C. The number of benzene rings is 3. The summed E-state index contributed by atoms with van der Waals surface area (Å²) >= 11 is 0. The molecule has 0 aliphatic rings. The van der Waals surface area contributed by atoms with E-state index < -0.39 is 34.5 Å². The van der Waals surface area contributed by atoms with Gasteiger partial charge in [0.1, 0.15) is 18.4 Å². The fourth-order valence-corrected chi connectivity index (χ4v) is 5.19. The van der Waals surface area contributed by atoms with Crippen molar-refractivity contribution >= 4 is 27.7 Å². The van der Waals surface area contributed by atoms with Crippen LogP contribution in [0.1, 0.15) is 30.0 Å². The van der Waals surface area contributed by atoms with Gasteiger partial charge in [-0.2, -0.15) is 12.7 Å². The molecule has 0 radical (unpaired) electrons. The van der Waals surface area contributed by atoms with E-state index in [1.165, 1.54) is 31.1 Å². The average Bonchev–Trinajstić information content (AvgIpc) is 2.94. The molecule has 0 bridgehead atoms. The Labute approximate surface area is 236 Å². The summed E-state index contributed by atoms with van der Waals surface area (Å²) in [5, 5.41) is 2.91. The Bertz CT molecular complexity index is 1370. The Morgan fingerprint density at radius 3 is 2.10 bits per heavy atom. The van der Waals surface area contributed by atoms with Crippen LogP contribution in [0.25, 0.3) is 0 Å². The van der Waals surface area contributed by atoms with Gasteiger partial charge in [0.05, 0.1) is 5.69 Å². The van der Waals surface area contributed by atoms with Gasteiger partial charge in [0.15, 0.2) is 0 Å². The molecule has 0 saturated carbocycles. The first-order valence-electron chi connectivity index (χ1n) is 13.1. The minimum Gasteiger partial charge on any atom is -0.354 e. The second kappa shape index (κ2) is 14.0. The van der Waals surface area contributed by atoms with Crippen LogP contribution in [-0.4, -0.2) is 62.7 Å². The maximum absolute atomic E-state index is 14.1. The standard InChI is InChI=1S/C30H37FN4O4S/c1-5-19-32-30(37)28(20-24-9-7-6-8-10-24)34(21-25-13-11-23(2)12-14-25)29(36)22-35(40(38,39)33(3)4)27-17-15-26(31)16-18-27/h6-18,28H,5,19-22H2,1-4H3,(H,32,37)/t28-/m0/s1. The third kappa shape index (κ3) is 8.12. The highest BCUT2D eigenvalue weighted by molar-refractivity contribution is 7.90. The molecule has 0 spiro atoms. The molecule has 214 valence electrons. The molecule has 0 aliphatic carbocycles. The normalized spacial score (nSPS) is 12.2. The Morgan fingerprint density at radius 1 is 0.900 bits per heavy atom. The largest absolute Gasteiger partial charge is 0.354 e. The maximum Gasteiger partial charge on any atom is 0.304 e. The van der Waals surface area contributed by atoms with E-state index in [0.29, 0.717) is 6.54 Å². The van der Waals surface area contributed by atoms with Crippen LogP contribution in [0.15, 0.2) is 78.9 Å². The summed E-state index contributed by atoms with van der Waals surface area (Å²) in [6, 6.07) is 21.0. The fourth-order valence-electron chi connectivity index (χ4n) is 4.13. The zero-order valence-corrected chi connectivity index (χ0v) is 24.2. The fraction of sp³-hybridized carbons (Fsp3) is 0.333. The number of carbonyl (C=O) groups excluding carboxylic acids is 2. The van der Waals surface area contributed by atoms with Gasteiger partial charge in [0.25, 0.3) is 0 Å². The summed E-state index contributed by atoms with van der Waals surface area (Å²) in [7, 11) is -1.42. The van der Waals surface area contributed by atoms with Crippen molar-refractivity contribution in [3.63, 3.8) is 0 Å². The molecule has 40 heavy (non-hydrogen) atoms. The summed E-state index contributed by atoms with van der Waals surface area (Å²) < 4.78 is 42.2. The van der Waals surface area contributed by atoms with E-state index in [1.807, 2.05) is 68.4 Å². The van der Waals surface area contributed by atoms with Crippen molar-refractivity contribution in [3.05, 3.63) is 101 Å². The molecule has 0 fully saturated rings. The zero-order valence-electron chi connectivity index (χ0n) is 23.4. The molecule has 2 amide bonds. The van der Waals surface area contributed by atoms with E-state index in [-0.39, 0.29) is 24.6 Å². The quantitative estimate of drug-likeness (QED) is 0.339. The van der Waals surface area contributed by atoms with E-state index >= 15 is 0 Å². The highest BCUT2D eigenvalue weighted by Crippen LogP contribution is 2.22. The van der Waals surface area contributed by atoms with Gasteiger partial charge in [0.2, 0.25) is 11.8 Å². The molecule has 8 nitrogen and oxygen atoms in total. The molecular weight excluding hydrogens is 531 g/mol. The Morgan fingerprint density at radius 2 is 1.52 bits per heavy atom. The Hall–Kier alpha value is -3.76. The minimum absolute atomic E-state index is 0.0927. The number of anilines is 1. The van der Waals surface area contributed by atoms with Crippen LogP contribution in [-0.2, 0) is 32.8 Å². The first-order valence-corrected chi connectivity index (χ1v) is 14.5. The highest BCUT2D eigenvalue weighted by atomic mass is 32.2. The van der Waals surface area contributed by atoms with Crippen molar-refractivity contribution in [1.29, 1.82) is 0 Å². The molecule has 1 atom stereocenters. The molecule has 3 aromatic rings. The monoisotopic (exact) mass is 568 g/mol. The Balaban J connectivity index is 2.06. The van der Waals surface area contributed by atoms with Gasteiger partial charge in [-0.3, -0.25) is 9.59 Å². The number of hydrogen-bond donors (Lipinski definition) is 1. The van der Waals surface area contributed by atoms with Crippen LogP contribution in [0.5, 0.6) is 0 Å². The smallest absolute Gasteiger partial charge is 0.304 e. The molecule has 3 rings (SSSR count). The van der Waals surface area contributed by atoms with E-state index in [1.54, 1.807) is 0 Å². The molecule has 1 N–H and O–H groups in total. The number of nitrogens with one attached hydrogen (secondary N) is 1. The van der Waals surface area contributed by atoms with Crippen LogP contribution >= 0.6 is 0 Å². The number of nitrogens with zero attached hydrogens (tertiary/aromatic N) is 3. The molecule has 0 saturated heterocycles. The lowest BCUT2D eigenvalue weighted by atomic mass is 10.0. The maximum atomic E-state index is 14.1. The van der Waals surface area contributed by atoms with E-state index in [9.17, 15) is 22.4 Å². The van der Waals surface area contributed by atoms with Crippen molar-refractivity contribution in [2.45, 2.75) is 39.3 Å². The third-order valence-electron chi connectivity index (χ3n) is 6.43. The second-order valence-electron chi connectivity index (χ2n) is 9.78. The van der Waals surface area contributed by atoms with Crippen molar-refractivity contribution in [2.24, 2.45) is 0 Å². The lowest BCUT2D eigenvalue weighted by molar-refractivity contribution is -0.140. The predicted octanol–water partition coefficient (Wildman–Crippen LogP) is 3.91. The first kappa shape index (κ1) is 30.8. The van der Waals surface area contributed by atoms with E-state index in [0.717, 1.165) is 43.9 Å². The van der Waals surface area contributed by atoms with Crippen LogP contribution in [0, 0.1) is 12.7 Å². The number of aryl methyl sites for hydroxylation is 1. The summed E-state index contributed by atoms with van der Waals surface area (Å²) in [6.07, 6.45) is 0.958. The predicted molar refractivity (Wildman–Crippen MR) is 155 cm³/mol.